The van der Waals surface area contributed by atoms with Crippen molar-refractivity contribution in [3.05, 3.63) is 33.8 Å². The Morgan fingerprint density at radius 3 is 2.12 bits per heavy atom. The minimum atomic E-state index is -1.82. The van der Waals surface area contributed by atoms with Gasteiger partial charge in [0.05, 0.1) is 0 Å². The quantitative estimate of drug-likeness (QED) is 0.593. The Morgan fingerprint density at radius 1 is 1.15 bits per heavy atom. The zero-order chi connectivity index (χ0) is 20.5. The Hall–Kier alpha value is -1.63. The average molecular weight is 406 g/mol. The molecular formula is C18H25Cl2NO5. The number of rotatable bonds is 7. The van der Waals surface area contributed by atoms with E-state index in [1.54, 1.807) is 12.1 Å². The highest BCUT2D eigenvalue weighted by Gasteiger charge is 2.29. The molecule has 0 aliphatic carbocycles. The van der Waals surface area contributed by atoms with Gasteiger partial charge in [-0.25, -0.2) is 9.59 Å². The fourth-order valence-electron chi connectivity index (χ4n) is 2.23. The van der Waals surface area contributed by atoms with E-state index in [9.17, 15) is 4.79 Å². The summed E-state index contributed by atoms with van der Waals surface area (Å²) in [7, 11) is 0. The number of benzene rings is 1. The lowest BCUT2D eigenvalue weighted by atomic mass is 9.79. The van der Waals surface area contributed by atoms with Gasteiger partial charge in [0.1, 0.15) is 5.78 Å². The molecule has 0 aliphatic rings. The van der Waals surface area contributed by atoms with Crippen molar-refractivity contribution in [2.24, 2.45) is 11.1 Å². The predicted octanol–water partition coefficient (Wildman–Crippen LogP) is 3.80. The second-order valence-electron chi connectivity index (χ2n) is 6.58. The summed E-state index contributed by atoms with van der Waals surface area (Å²) >= 11 is 12.1. The Bertz CT molecular complexity index is 634. The first-order valence-electron chi connectivity index (χ1n) is 8.09. The highest BCUT2D eigenvalue weighted by Crippen LogP contribution is 2.30. The van der Waals surface area contributed by atoms with Gasteiger partial charge in [-0.05, 0) is 30.5 Å². The molecule has 0 amide bonds. The molecule has 0 fully saturated rings. The molecule has 1 atom stereocenters. The third-order valence-electron chi connectivity index (χ3n) is 3.69. The van der Waals surface area contributed by atoms with Crippen molar-refractivity contribution in [2.45, 2.75) is 52.5 Å². The number of halogens is 2. The van der Waals surface area contributed by atoms with Gasteiger partial charge in [0.25, 0.3) is 0 Å². The van der Waals surface area contributed by atoms with Crippen molar-refractivity contribution in [1.82, 2.24) is 0 Å². The maximum atomic E-state index is 12.4. The molecule has 0 bridgehead atoms. The highest BCUT2D eigenvalue weighted by molar-refractivity contribution is 6.35. The predicted molar refractivity (Wildman–Crippen MR) is 102 cm³/mol. The zero-order valence-corrected chi connectivity index (χ0v) is 16.6. The van der Waals surface area contributed by atoms with Gasteiger partial charge in [-0.15, -0.1) is 0 Å². The first kappa shape index (κ1) is 24.4. The van der Waals surface area contributed by atoms with E-state index in [-0.39, 0.29) is 11.8 Å². The molecular weight excluding hydrogens is 381 g/mol. The second-order valence-corrected chi connectivity index (χ2v) is 7.43. The van der Waals surface area contributed by atoms with Crippen LogP contribution < -0.4 is 5.73 Å². The van der Waals surface area contributed by atoms with Crippen LogP contribution in [0.2, 0.25) is 10.0 Å². The molecule has 0 aliphatic heterocycles. The maximum absolute atomic E-state index is 12.4. The number of nitrogens with two attached hydrogens (primary N) is 1. The van der Waals surface area contributed by atoms with Crippen molar-refractivity contribution < 1.29 is 24.6 Å². The normalized spacial score (nSPS) is 11.9. The number of aliphatic carboxylic acids is 2. The minimum absolute atomic E-state index is 0.0486. The SMILES string of the molecule is CCCC(N)CC(=O)C(C)(C)Cc1ccc(Cl)cc1Cl.O=C(O)C(=O)O. The van der Waals surface area contributed by atoms with Gasteiger partial charge in [-0.2, -0.15) is 0 Å². The Kier molecular flexibility index (Phi) is 10.5. The molecule has 146 valence electrons. The topological polar surface area (TPSA) is 118 Å². The fraction of sp³-hybridized carbons (Fsp3) is 0.500. The number of Topliss-reactive ketones (excluding diaryl/α,β-unsaturated/α-hetero) is 1. The molecule has 0 radical (unpaired) electrons. The number of hydrogen-bond donors (Lipinski definition) is 3. The van der Waals surface area contributed by atoms with Gasteiger partial charge in [-0.1, -0.05) is 56.5 Å². The molecule has 1 aromatic carbocycles. The molecule has 0 saturated carbocycles. The van der Waals surface area contributed by atoms with Crippen molar-refractivity contribution in [3.63, 3.8) is 0 Å². The lowest BCUT2D eigenvalue weighted by Gasteiger charge is -2.25. The Morgan fingerprint density at radius 2 is 1.69 bits per heavy atom. The summed E-state index contributed by atoms with van der Waals surface area (Å²) in [4.78, 5) is 30.6. The van der Waals surface area contributed by atoms with E-state index in [1.807, 2.05) is 19.9 Å². The van der Waals surface area contributed by atoms with Crippen LogP contribution in [-0.4, -0.2) is 34.0 Å². The Labute approximate surface area is 163 Å². The smallest absolute Gasteiger partial charge is 0.414 e. The summed E-state index contributed by atoms with van der Waals surface area (Å²) in [5, 5.41) is 16.0. The standard InChI is InChI=1S/C16H23Cl2NO.C2H2O4/c1-4-5-13(19)9-15(20)16(2,3)10-11-6-7-12(17)8-14(11)18;3-1(4)2(5)6/h6-8,13H,4-5,9-10,19H2,1-3H3;(H,3,4)(H,5,6). The van der Waals surface area contributed by atoms with Gasteiger partial charge in [-0.3, -0.25) is 4.79 Å². The molecule has 0 heterocycles. The summed E-state index contributed by atoms with van der Waals surface area (Å²) in [5.74, 6) is -3.46. The fourth-order valence-corrected chi connectivity index (χ4v) is 2.70. The summed E-state index contributed by atoms with van der Waals surface area (Å²) < 4.78 is 0. The summed E-state index contributed by atoms with van der Waals surface area (Å²) in [6.45, 7) is 5.96. The molecule has 4 N–H and O–H groups in total. The average Bonchev–Trinajstić information content (AvgIpc) is 2.50. The molecule has 26 heavy (non-hydrogen) atoms. The number of carboxylic acids is 2. The van der Waals surface area contributed by atoms with Crippen LogP contribution in [0.25, 0.3) is 0 Å². The van der Waals surface area contributed by atoms with Crippen LogP contribution >= 0.6 is 23.2 Å². The summed E-state index contributed by atoms with van der Waals surface area (Å²) in [5.41, 5.74) is 6.43. The maximum Gasteiger partial charge on any atom is 0.414 e. The van der Waals surface area contributed by atoms with Crippen LogP contribution in [0, 0.1) is 5.41 Å². The van der Waals surface area contributed by atoms with Gasteiger partial charge in [0, 0.05) is 27.9 Å². The number of carboxylic acid groups (broad SMARTS) is 2. The third-order valence-corrected chi connectivity index (χ3v) is 4.28. The number of ketones is 1. The van der Waals surface area contributed by atoms with E-state index < -0.39 is 17.4 Å². The third kappa shape index (κ3) is 9.17. The van der Waals surface area contributed by atoms with Crippen molar-refractivity contribution in [1.29, 1.82) is 0 Å². The minimum Gasteiger partial charge on any atom is -0.473 e. The largest absolute Gasteiger partial charge is 0.473 e. The van der Waals surface area contributed by atoms with E-state index >= 15 is 0 Å². The first-order chi connectivity index (χ1) is 11.9. The van der Waals surface area contributed by atoms with Crippen molar-refractivity contribution in [2.75, 3.05) is 0 Å². The van der Waals surface area contributed by atoms with E-state index in [4.69, 9.17) is 48.7 Å². The number of carbonyl (C=O) groups excluding carboxylic acids is 1. The van der Waals surface area contributed by atoms with Crippen LogP contribution in [0.3, 0.4) is 0 Å². The monoisotopic (exact) mass is 405 g/mol. The van der Waals surface area contributed by atoms with Crippen LogP contribution in [0.5, 0.6) is 0 Å². The lowest BCUT2D eigenvalue weighted by Crippen LogP contribution is -2.33. The van der Waals surface area contributed by atoms with E-state index in [0.717, 1.165) is 18.4 Å². The van der Waals surface area contributed by atoms with Gasteiger partial charge < -0.3 is 15.9 Å². The van der Waals surface area contributed by atoms with Crippen LogP contribution in [0.15, 0.2) is 18.2 Å². The number of carbonyl (C=O) groups is 3. The molecule has 0 spiro atoms. The molecule has 0 saturated heterocycles. The van der Waals surface area contributed by atoms with Gasteiger partial charge >= 0.3 is 11.9 Å². The highest BCUT2D eigenvalue weighted by atomic mass is 35.5. The second kappa shape index (κ2) is 11.2. The van der Waals surface area contributed by atoms with E-state index in [0.29, 0.717) is 22.9 Å². The number of hydrogen-bond acceptors (Lipinski definition) is 4. The summed E-state index contributed by atoms with van der Waals surface area (Å²) in [6.07, 6.45) is 2.90. The van der Waals surface area contributed by atoms with Gasteiger partial charge in [0.15, 0.2) is 0 Å². The first-order valence-corrected chi connectivity index (χ1v) is 8.85. The lowest BCUT2D eigenvalue weighted by molar-refractivity contribution is -0.159. The Balaban J connectivity index is 0.000000896. The van der Waals surface area contributed by atoms with Gasteiger partial charge in [0.2, 0.25) is 0 Å². The zero-order valence-electron chi connectivity index (χ0n) is 15.1. The molecule has 1 unspecified atom stereocenters. The van der Waals surface area contributed by atoms with Crippen LogP contribution in [-0.2, 0) is 20.8 Å². The van der Waals surface area contributed by atoms with E-state index in [1.165, 1.54) is 0 Å². The van der Waals surface area contributed by atoms with Crippen molar-refractivity contribution >= 4 is 40.9 Å². The molecule has 0 aromatic heterocycles. The molecule has 6 nitrogen and oxygen atoms in total. The molecule has 8 heteroatoms. The van der Waals surface area contributed by atoms with Crippen molar-refractivity contribution in [3.8, 4) is 0 Å². The van der Waals surface area contributed by atoms with Crippen LogP contribution in [0.1, 0.15) is 45.6 Å². The summed E-state index contributed by atoms with van der Waals surface area (Å²) in [6, 6.07) is 5.34. The molecule has 1 aromatic rings. The molecule has 1 rings (SSSR count). The van der Waals surface area contributed by atoms with Crippen LogP contribution in [0.4, 0.5) is 0 Å². The van der Waals surface area contributed by atoms with E-state index in [2.05, 4.69) is 6.92 Å².